The third-order valence-corrected chi connectivity index (χ3v) is 5.98. The lowest BCUT2D eigenvalue weighted by atomic mass is 10.1. The van der Waals surface area contributed by atoms with Crippen LogP contribution in [0.1, 0.15) is 12.5 Å². The van der Waals surface area contributed by atoms with Gasteiger partial charge in [0.05, 0.1) is 4.90 Å². The maximum Gasteiger partial charge on any atom is 0.243 e. The molecule has 18 heavy (non-hydrogen) atoms. The van der Waals surface area contributed by atoms with Crippen molar-refractivity contribution in [2.45, 2.75) is 18.2 Å². The summed E-state index contributed by atoms with van der Waals surface area (Å²) < 4.78 is 26.7. The fourth-order valence-electron chi connectivity index (χ4n) is 2.03. The molecule has 2 N–H and O–H groups in total. The van der Waals surface area contributed by atoms with Crippen molar-refractivity contribution in [2.24, 2.45) is 0 Å². The number of nitrogens with two attached hydrogens (primary N) is 1. The second-order valence-corrected chi connectivity index (χ2v) is 7.37. The largest absolute Gasteiger partial charge is 0.399 e. The highest BCUT2D eigenvalue weighted by Crippen LogP contribution is 2.25. The van der Waals surface area contributed by atoms with Crippen molar-refractivity contribution in [3.8, 4) is 0 Å². The summed E-state index contributed by atoms with van der Waals surface area (Å²) in [6, 6.07) is 5.14. The number of sulfonamides is 1. The zero-order chi connectivity index (χ0) is 13.2. The molecule has 4 nitrogen and oxygen atoms in total. The summed E-state index contributed by atoms with van der Waals surface area (Å²) in [6.07, 6.45) is 0.692. The number of nitrogens with zero attached hydrogens (tertiary/aromatic N) is 1. The number of thioether (sulfide) groups is 1. The second kappa shape index (κ2) is 5.50. The van der Waals surface area contributed by atoms with Gasteiger partial charge < -0.3 is 5.73 Å². The summed E-state index contributed by atoms with van der Waals surface area (Å²) in [4.78, 5) is 0.372. The first kappa shape index (κ1) is 13.7. The summed E-state index contributed by atoms with van der Waals surface area (Å²) in [5.74, 6) is 1.73. The lowest BCUT2D eigenvalue weighted by Crippen LogP contribution is -2.38. The van der Waals surface area contributed by atoms with Crippen molar-refractivity contribution >= 4 is 27.5 Å². The van der Waals surface area contributed by atoms with E-state index in [2.05, 4.69) is 0 Å². The molecule has 1 aliphatic rings. The molecule has 0 atom stereocenters. The van der Waals surface area contributed by atoms with Gasteiger partial charge in [0.15, 0.2) is 0 Å². The summed E-state index contributed by atoms with van der Waals surface area (Å²) in [7, 11) is -3.39. The van der Waals surface area contributed by atoms with Crippen molar-refractivity contribution in [1.82, 2.24) is 4.31 Å². The van der Waals surface area contributed by atoms with Crippen LogP contribution in [0.15, 0.2) is 23.1 Å². The third-order valence-electron chi connectivity index (χ3n) is 3.06. The molecule has 0 aromatic heterocycles. The molecule has 1 aromatic rings. The van der Waals surface area contributed by atoms with Gasteiger partial charge in [0.25, 0.3) is 0 Å². The van der Waals surface area contributed by atoms with Crippen molar-refractivity contribution in [1.29, 1.82) is 0 Å². The number of benzene rings is 1. The smallest absolute Gasteiger partial charge is 0.243 e. The minimum Gasteiger partial charge on any atom is -0.399 e. The third kappa shape index (κ3) is 2.65. The molecule has 6 heteroatoms. The fraction of sp³-hybridized carbons (Fsp3) is 0.500. The molecule has 1 heterocycles. The Morgan fingerprint density at radius 1 is 1.33 bits per heavy atom. The van der Waals surface area contributed by atoms with E-state index in [4.69, 9.17) is 5.73 Å². The van der Waals surface area contributed by atoms with Crippen LogP contribution in [0.5, 0.6) is 0 Å². The van der Waals surface area contributed by atoms with Gasteiger partial charge in [-0.25, -0.2) is 8.42 Å². The van der Waals surface area contributed by atoms with Crippen molar-refractivity contribution in [3.63, 3.8) is 0 Å². The van der Waals surface area contributed by atoms with Gasteiger partial charge in [0, 0.05) is 30.3 Å². The number of hydrogen-bond acceptors (Lipinski definition) is 4. The van der Waals surface area contributed by atoms with E-state index >= 15 is 0 Å². The molecule has 1 saturated heterocycles. The fourth-order valence-corrected chi connectivity index (χ4v) is 4.93. The van der Waals surface area contributed by atoms with E-state index in [0.29, 0.717) is 30.1 Å². The van der Waals surface area contributed by atoms with Crippen LogP contribution in [0.2, 0.25) is 0 Å². The molecule has 1 aliphatic heterocycles. The van der Waals surface area contributed by atoms with Crippen molar-refractivity contribution in [3.05, 3.63) is 23.8 Å². The Bertz CT molecular complexity index is 523. The Hall–Kier alpha value is -0.720. The Balaban J connectivity index is 2.42. The van der Waals surface area contributed by atoms with Crippen molar-refractivity contribution in [2.75, 3.05) is 30.3 Å². The predicted molar refractivity (Wildman–Crippen MR) is 76.3 cm³/mol. The standard InChI is InChI=1S/C12H18N2O2S2/c1-2-10-3-4-11(13)9-12(10)18(15,16)14-5-7-17-8-6-14/h3-4,9H,2,5-8,13H2,1H3. The van der Waals surface area contributed by atoms with Gasteiger partial charge >= 0.3 is 0 Å². The van der Waals surface area contributed by atoms with Crippen LogP contribution in [0.25, 0.3) is 0 Å². The first-order chi connectivity index (χ1) is 8.55. The molecular weight excluding hydrogens is 268 g/mol. The highest BCUT2D eigenvalue weighted by atomic mass is 32.2. The molecule has 0 unspecified atom stereocenters. The Morgan fingerprint density at radius 3 is 2.61 bits per heavy atom. The lowest BCUT2D eigenvalue weighted by Gasteiger charge is -2.26. The topological polar surface area (TPSA) is 63.4 Å². The quantitative estimate of drug-likeness (QED) is 0.857. The van der Waals surface area contributed by atoms with Gasteiger partial charge in [-0.2, -0.15) is 16.1 Å². The first-order valence-electron chi connectivity index (χ1n) is 6.02. The van der Waals surface area contributed by atoms with E-state index in [-0.39, 0.29) is 0 Å². The zero-order valence-electron chi connectivity index (χ0n) is 10.4. The van der Waals surface area contributed by atoms with Gasteiger partial charge in [-0.3, -0.25) is 0 Å². The first-order valence-corrected chi connectivity index (χ1v) is 8.61. The van der Waals surface area contributed by atoms with Gasteiger partial charge in [0.2, 0.25) is 10.0 Å². The van der Waals surface area contributed by atoms with Crippen LogP contribution in [0, 0.1) is 0 Å². The molecule has 100 valence electrons. The molecule has 0 radical (unpaired) electrons. The van der Waals surface area contributed by atoms with Crippen LogP contribution in [-0.4, -0.2) is 37.3 Å². The molecule has 1 aromatic carbocycles. The summed E-state index contributed by atoms with van der Waals surface area (Å²) in [5.41, 5.74) is 7.05. The lowest BCUT2D eigenvalue weighted by molar-refractivity contribution is 0.443. The van der Waals surface area contributed by atoms with E-state index in [1.54, 1.807) is 34.3 Å². The monoisotopic (exact) mass is 286 g/mol. The molecular formula is C12H18N2O2S2. The Labute approximate surface area is 113 Å². The molecule has 2 rings (SSSR count). The van der Waals surface area contributed by atoms with E-state index < -0.39 is 10.0 Å². The highest BCUT2D eigenvalue weighted by molar-refractivity contribution is 7.99. The molecule has 0 spiro atoms. The molecule has 1 fully saturated rings. The molecule has 0 amide bonds. The van der Waals surface area contributed by atoms with Crippen LogP contribution in [-0.2, 0) is 16.4 Å². The van der Waals surface area contributed by atoms with E-state index in [9.17, 15) is 8.42 Å². The van der Waals surface area contributed by atoms with E-state index in [0.717, 1.165) is 17.1 Å². The summed E-state index contributed by atoms with van der Waals surface area (Å²) in [6.45, 7) is 3.13. The van der Waals surface area contributed by atoms with Crippen molar-refractivity contribution < 1.29 is 8.42 Å². The number of nitrogen functional groups attached to an aromatic ring is 1. The minimum absolute atomic E-state index is 0.372. The van der Waals surface area contributed by atoms with Crippen LogP contribution in [0.4, 0.5) is 5.69 Å². The number of anilines is 1. The minimum atomic E-state index is -3.39. The van der Waals surface area contributed by atoms with Gasteiger partial charge in [-0.15, -0.1) is 0 Å². The summed E-state index contributed by atoms with van der Waals surface area (Å²) >= 11 is 1.79. The number of hydrogen-bond donors (Lipinski definition) is 1. The van der Waals surface area contributed by atoms with Crippen LogP contribution < -0.4 is 5.73 Å². The van der Waals surface area contributed by atoms with E-state index in [1.165, 1.54) is 0 Å². The second-order valence-electron chi connectivity index (χ2n) is 4.24. The van der Waals surface area contributed by atoms with Gasteiger partial charge in [0.1, 0.15) is 0 Å². The average molecular weight is 286 g/mol. The average Bonchev–Trinajstić information content (AvgIpc) is 2.39. The summed E-state index contributed by atoms with van der Waals surface area (Å²) in [5, 5.41) is 0. The SMILES string of the molecule is CCc1ccc(N)cc1S(=O)(=O)N1CCSCC1. The zero-order valence-corrected chi connectivity index (χ0v) is 12.1. The van der Waals surface area contributed by atoms with Crippen LogP contribution >= 0.6 is 11.8 Å². The maximum atomic E-state index is 12.6. The van der Waals surface area contributed by atoms with Gasteiger partial charge in [-0.1, -0.05) is 13.0 Å². The van der Waals surface area contributed by atoms with Crippen LogP contribution in [0.3, 0.4) is 0 Å². The van der Waals surface area contributed by atoms with E-state index in [1.807, 2.05) is 6.92 Å². The maximum absolute atomic E-state index is 12.6. The number of aryl methyl sites for hydroxylation is 1. The predicted octanol–water partition coefficient (Wildman–Crippen LogP) is 1.57. The highest BCUT2D eigenvalue weighted by Gasteiger charge is 2.27. The Kier molecular flexibility index (Phi) is 4.19. The normalized spacial score (nSPS) is 17.8. The molecule has 0 bridgehead atoms. The molecule has 0 aliphatic carbocycles. The Morgan fingerprint density at radius 2 is 2.00 bits per heavy atom. The number of rotatable bonds is 3. The van der Waals surface area contributed by atoms with Gasteiger partial charge in [-0.05, 0) is 24.1 Å². The molecule has 0 saturated carbocycles.